The van der Waals surface area contributed by atoms with Gasteiger partial charge in [0.15, 0.2) is 0 Å². The third-order valence-corrected chi connectivity index (χ3v) is 5.01. The summed E-state index contributed by atoms with van der Waals surface area (Å²) in [5.41, 5.74) is 3.53. The molecule has 1 heteroatoms. The normalized spacial score (nSPS) is 23.4. The lowest BCUT2D eigenvalue weighted by molar-refractivity contribution is 0.457. The fourth-order valence-corrected chi connectivity index (χ4v) is 2.81. The van der Waals surface area contributed by atoms with Crippen molar-refractivity contribution in [3.63, 3.8) is 0 Å². The van der Waals surface area contributed by atoms with Gasteiger partial charge in [-0.1, -0.05) is 57.5 Å². The van der Waals surface area contributed by atoms with Gasteiger partial charge in [0, 0.05) is 12.1 Å². The molecule has 0 spiro atoms. The highest BCUT2D eigenvalue weighted by Crippen LogP contribution is 2.63. The van der Waals surface area contributed by atoms with Crippen molar-refractivity contribution >= 4 is 0 Å². The van der Waals surface area contributed by atoms with Gasteiger partial charge < -0.3 is 5.32 Å². The first kappa shape index (κ1) is 12.6. The molecule has 1 atom stereocenters. The van der Waals surface area contributed by atoms with Crippen LogP contribution < -0.4 is 5.32 Å². The van der Waals surface area contributed by atoms with Gasteiger partial charge in [-0.05, 0) is 30.2 Å². The third kappa shape index (κ3) is 2.01. The summed E-state index contributed by atoms with van der Waals surface area (Å²) in [6, 6.07) is 9.89. The first-order valence-corrected chi connectivity index (χ1v) is 6.59. The van der Waals surface area contributed by atoms with E-state index < -0.39 is 0 Å². The van der Waals surface area contributed by atoms with E-state index in [0.29, 0.717) is 22.9 Å². The van der Waals surface area contributed by atoms with Crippen LogP contribution in [0, 0.1) is 17.8 Å². The summed E-state index contributed by atoms with van der Waals surface area (Å²) < 4.78 is 0. The Morgan fingerprint density at radius 1 is 1.00 bits per heavy atom. The average molecular weight is 231 g/mol. The van der Waals surface area contributed by atoms with Crippen molar-refractivity contribution in [3.8, 4) is 0 Å². The molecule has 0 heterocycles. The van der Waals surface area contributed by atoms with Gasteiger partial charge in [0.25, 0.3) is 0 Å². The van der Waals surface area contributed by atoms with Gasteiger partial charge in [-0.3, -0.25) is 0 Å². The predicted molar refractivity (Wildman–Crippen MR) is 74.1 cm³/mol. The topological polar surface area (TPSA) is 12.0 Å². The zero-order chi connectivity index (χ0) is 12.8. The largest absolute Gasteiger partial charge is 0.306 e. The molecular weight excluding hydrogens is 206 g/mol. The Balaban J connectivity index is 2.04. The molecule has 1 unspecified atom stereocenters. The Morgan fingerprint density at radius 3 is 1.88 bits per heavy atom. The van der Waals surface area contributed by atoms with Crippen LogP contribution in [0.5, 0.6) is 0 Å². The first-order valence-electron chi connectivity index (χ1n) is 6.59. The molecule has 1 N–H and O–H groups in total. The zero-order valence-corrected chi connectivity index (χ0v) is 12.0. The Labute approximate surface area is 106 Å². The van der Waals surface area contributed by atoms with Crippen LogP contribution in [0.3, 0.4) is 0 Å². The van der Waals surface area contributed by atoms with E-state index in [9.17, 15) is 0 Å². The highest BCUT2D eigenvalue weighted by atomic mass is 15.1. The van der Waals surface area contributed by atoms with E-state index in [2.05, 4.69) is 71.1 Å². The van der Waals surface area contributed by atoms with Crippen LogP contribution in [-0.4, -0.2) is 6.04 Å². The lowest BCUT2D eigenvalue weighted by Crippen LogP contribution is -2.25. The molecule has 17 heavy (non-hydrogen) atoms. The van der Waals surface area contributed by atoms with E-state index in [1.54, 1.807) is 0 Å². The molecule has 0 amide bonds. The van der Waals surface area contributed by atoms with E-state index in [1.807, 2.05) is 0 Å². The lowest BCUT2D eigenvalue weighted by Gasteiger charge is -2.16. The molecule has 1 aliphatic rings. The van der Waals surface area contributed by atoms with Gasteiger partial charge >= 0.3 is 0 Å². The minimum absolute atomic E-state index is 0.409. The molecule has 1 saturated carbocycles. The van der Waals surface area contributed by atoms with Gasteiger partial charge in [-0.2, -0.15) is 0 Å². The second kappa shape index (κ2) is 3.84. The van der Waals surface area contributed by atoms with Crippen molar-refractivity contribution < 1.29 is 0 Å². The molecule has 94 valence electrons. The fraction of sp³-hybridized carbons (Fsp3) is 0.625. The Hall–Kier alpha value is -0.820. The van der Waals surface area contributed by atoms with Crippen LogP contribution >= 0.6 is 0 Å². The zero-order valence-electron chi connectivity index (χ0n) is 12.0. The summed E-state index contributed by atoms with van der Waals surface area (Å²) in [5.74, 6) is 0. The molecule has 1 aliphatic carbocycles. The van der Waals surface area contributed by atoms with Crippen LogP contribution in [0.25, 0.3) is 0 Å². The predicted octanol–water partition coefficient (Wildman–Crippen LogP) is 4.08. The Bertz CT molecular complexity index is 386. The number of nitrogens with one attached hydrogen (secondary N) is 1. The monoisotopic (exact) mass is 231 g/mol. The van der Waals surface area contributed by atoms with E-state index in [-0.39, 0.29) is 0 Å². The van der Waals surface area contributed by atoms with Crippen molar-refractivity contribution in [2.45, 2.75) is 53.6 Å². The summed E-state index contributed by atoms with van der Waals surface area (Å²) in [6.45, 7) is 13.8. The average Bonchev–Trinajstić information content (AvgIpc) is 2.62. The number of hydrogen-bond donors (Lipinski definition) is 1. The van der Waals surface area contributed by atoms with Crippen LogP contribution in [0.2, 0.25) is 0 Å². The maximum atomic E-state index is 3.77. The minimum atomic E-state index is 0.409. The van der Waals surface area contributed by atoms with Crippen LogP contribution in [0.1, 0.15) is 51.8 Å². The number of rotatable bonds is 3. The second-order valence-corrected chi connectivity index (χ2v) is 6.68. The summed E-state index contributed by atoms with van der Waals surface area (Å²) in [7, 11) is 0. The van der Waals surface area contributed by atoms with Crippen LogP contribution in [0.4, 0.5) is 0 Å². The molecule has 1 nitrogen and oxygen atoms in total. The highest BCUT2D eigenvalue weighted by Gasteiger charge is 2.64. The smallest absolute Gasteiger partial charge is 0.0294 e. The van der Waals surface area contributed by atoms with Gasteiger partial charge in [0.05, 0.1) is 0 Å². The van der Waals surface area contributed by atoms with Gasteiger partial charge in [0.1, 0.15) is 0 Å². The van der Waals surface area contributed by atoms with E-state index in [4.69, 9.17) is 0 Å². The molecule has 0 radical (unpaired) electrons. The molecule has 1 aromatic carbocycles. The summed E-state index contributed by atoms with van der Waals surface area (Å²) in [4.78, 5) is 0. The van der Waals surface area contributed by atoms with E-state index >= 15 is 0 Å². The molecular formula is C16H25N. The minimum Gasteiger partial charge on any atom is -0.306 e. The molecule has 1 aromatic rings. The molecule has 0 saturated heterocycles. The fourth-order valence-electron chi connectivity index (χ4n) is 2.81. The Kier molecular flexibility index (Phi) is 2.86. The number of benzene rings is 1. The molecule has 2 rings (SSSR count). The van der Waals surface area contributed by atoms with Crippen molar-refractivity contribution in [1.29, 1.82) is 0 Å². The van der Waals surface area contributed by atoms with Gasteiger partial charge in [0.2, 0.25) is 0 Å². The molecule has 1 fully saturated rings. The standard InChI is InChI=1S/C16H25N/c1-11-7-9-13(10-8-11)12(2)17-14-15(3,4)16(14,5)6/h7-10,12,14,17H,1-6H3. The Morgan fingerprint density at radius 2 is 1.47 bits per heavy atom. The number of hydrogen-bond acceptors (Lipinski definition) is 1. The summed E-state index contributed by atoms with van der Waals surface area (Å²) in [6.07, 6.45) is 0. The summed E-state index contributed by atoms with van der Waals surface area (Å²) >= 11 is 0. The third-order valence-electron chi connectivity index (χ3n) is 5.01. The number of aryl methyl sites for hydroxylation is 1. The molecule has 0 aliphatic heterocycles. The van der Waals surface area contributed by atoms with Gasteiger partial charge in [-0.15, -0.1) is 0 Å². The van der Waals surface area contributed by atoms with Crippen molar-refractivity contribution in [1.82, 2.24) is 5.32 Å². The van der Waals surface area contributed by atoms with E-state index in [0.717, 1.165) is 0 Å². The van der Waals surface area contributed by atoms with E-state index in [1.165, 1.54) is 11.1 Å². The van der Waals surface area contributed by atoms with Crippen molar-refractivity contribution in [2.75, 3.05) is 0 Å². The van der Waals surface area contributed by atoms with Crippen LogP contribution in [-0.2, 0) is 0 Å². The molecule has 0 aromatic heterocycles. The second-order valence-electron chi connectivity index (χ2n) is 6.68. The molecule has 0 bridgehead atoms. The quantitative estimate of drug-likeness (QED) is 0.826. The van der Waals surface area contributed by atoms with Crippen molar-refractivity contribution in [3.05, 3.63) is 35.4 Å². The van der Waals surface area contributed by atoms with Crippen LogP contribution in [0.15, 0.2) is 24.3 Å². The maximum Gasteiger partial charge on any atom is 0.0294 e. The highest BCUT2D eigenvalue weighted by molar-refractivity contribution is 5.26. The van der Waals surface area contributed by atoms with Gasteiger partial charge in [-0.25, -0.2) is 0 Å². The lowest BCUT2D eigenvalue weighted by atomic mass is 10.0. The SMILES string of the molecule is Cc1ccc(C(C)NC2C(C)(C)C2(C)C)cc1. The summed E-state index contributed by atoms with van der Waals surface area (Å²) in [5, 5.41) is 3.77. The first-order chi connectivity index (χ1) is 7.76. The maximum absolute atomic E-state index is 3.77. The van der Waals surface area contributed by atoms with Crippen molar-refractivity contribution in [2.24, 2.45) is 10.8 Å².